The largest absolute Gasteiger partial charge is 0.412 e. The second-order valence-electron chi connectivity index (χ2n) is 6.45. The van der Waals surface area contributed by atoms with Gasteiger partial charge in [-0.05, 0) is 59.0 Å². The van der Waals surface area contributed by atoms with E-state index in [-0.39, 0.29) is 12.5 Å². The van der Waals surface area contributed by atoms with Crippen LogP contribution in [0.5, 0.6) is 5.75 Å². The minimum Gasteiger partial charge on any atom is -0.410 e. The van der Waals surface area contributed by atoms with Gasteiger partial charge in [0.1, 0.15) is 10.8 Å². The predicted octanol–water partition coefficient (Wildman–Crippen LogP) is 4.76. The Balaban J connectivity index is 1.83. The summed E-state index contributed by atoms with van der Waals surface area (Å²) < 4.78 is 5.50. The van der Waals surface area contributed by atoms with Crippen LogP contribution in [-0.2, 0) is 6.61 Å². The van der Waals surface area contributed by atoms with Gasteiger partial charge in [-0.1, -0.05) is 35.8 Å². The molecule has 2 N–H and O–H groups in total. The SMILES string of the molecule is CNC(=O)Oc1ccc(CO)cc1[C@@H]1CCCC[C@@H]1SSc1ccccn1. The van der Waals surface area contributed by atoms with Crippen molar-refractivity contribution >= 4 is 27.7 Å². The fourth-order valence-corrected chi connectivity index (χ4v) is 6.10. The molecule has 2 aromatic rings. The Kier molecular flexibility index (Phi) is 7.43. The minimum atomic E-state index is -0.476. The van der Waals surface area contributed by atoms with Gasteiger partial charge < -0.3 is 15.2 Å². The van der Waals surface area contributed by atoms with Crippen LogP contribution in [0.25, 0.3) is 0 Å². The highest BCUT2D eigenvalue weighted by Gasteiger charge is 2.30. The topological polar surface area (TPSA) is 71.5 Å². The van der Waals surface area contributed by atoms with Gasteiger partial charge in [-0.2, -0.15) is 0 Å². The van der Waals surface area contributed by atoms with E-state index in [2.05, 4.69) is 10.3 Å². The number of rotatable bonds is 6. The summed E-state index contributed by atoms with van der Waals surface area (Å²) >= 11 is 0. The monoisotopic (exact) mass is 404 g/mol. The number of aliphatic hydroxyl groups excluding tert-OH is 1. The third kappa shape index (κ3) is 5.40. The van der Waals surface area contributed by atoms with E-state index in [0.717, 1.165) is 35.4 Å². The molecule has 27 heavy (non-hydrogen) atoms. The summed E-state index contributed by atoms with van der Waals surface area (Å²) in [6.07, 6.45) is 5.83. The van der Waals surface area contributed by atoms with Crippen molar-refractivity contribution in [3.63, 3.8) is 0 Å². The number of nitrogens with zero attached hydrogens (tertiary/aromatic N) is 1. The normalized spacial score (nSPS) is 19.5. The fourth-order valence-electron chi connectivity index (χ4n) is 3.31. The van der Waals surface area contributed by atoms with Crippen molar-refractivity contribution in [2.75, 3.05) is 7.05 Å². The maximum atomic E-state index is 11.8. The molecule has 1 amide bonds. The Bertz CT molecular complexity index is 758. The number of hydrogen-bond donors (Lipinski definition) is 2. The smallest absolute Gasteiger partial charge is 0.410 e. The average molecular weight is 405 g/mol. The number of aliphatic hydroxyl groups is 1. The van der Waals surface area contributed by atoms with Gasteiger partial charge in [-0.15, -0.1) is 0 Å². The van der Waals surface area contributed by atoms with Crippen molar-refractivity contribution in [3.8, 4) is 5.75 Å². The van der Waals surface area contributed by atoms with Gasteiger partial charge in [0, 0.05) is 24.4 Å². The van der Waals surface area contributed by atoms with Gasteiger partial charge in [-0.25, -0.2) is 9.78 Å². The number of aromatic nitrogens is 1. The molecular formula is C20H24N2O3S2. The third-order valence-corrected chi connectivity index (χ3v) is 7.52. The third-order valence-electron chi connectivity index (χ3n) is 4.66. The van der Waals surface area contributed by atoms with Gasteiger partial charge in [0.15, 0.2) is 0 Å². The van der Waals surface area contributed by atoms with E-state index in [1.54, 1.807) is 36.2 Å². The first-order valence-corrected chi connectivity index (χ1v) is 11.3. The van der Waals surface area contributed by atoms with Crippen LogP contribution in [0.1, 0.15) is 42.7 Å². The van der Waals surface area contributed by atoms with Crippen molar-refractivity contribution in [2.24, 2.45) is 0 Å². The first kappa shape index (κ1) is 20.0. The Morgan fingerprint density at radius 1 is 1.30 bits per heavy atom. The van der Waals surface area contributed by atoms with Gasteiger partial charge in [0.25, 0.3) is 0 Å². The molecule has 2 atom stereocenters. The van der Waals surface area contributed by atoms with Crippen LogP contribution < -0.4 is 10.1 Å². The highest BCUT2D eigenvalue weighted by Crippen LogP contribution is 2.48. The molecule has 0 unspecified atom stereocenters. The van der Waals surface area contributed by atoms with E-state index >= 15 is 0 Å². The van der Waals surface area contributed by atoms with Gasteiger partial charge >= 0.3 is 6.09 Å². The van der Waals surface area contributed by atoms with Gasteiger partial charge in [-0.3, -0.25) is 0 Å². The lowest BCUT2D eigenvalue weighted by molar-refractivity contribution is 0.202. The van der Waals surface area contributed by atoms with Crippen LogP contribution in [0.2, 0.25) is 0 Å². The van der Waals surface area contributed by atoms with Crippen LogP contribution in [0, 0.1) is 0 Å². The molecule has 1 heterocycles. The van der Waals surface area contributed by atoms with Crippen LogP contribution >= 0.6 is 21.6 Å². The lowest BCUT2D eigenvalue weighted by Crippen LogP contribution is -2.25. The summed E-state index contributed by atoms with van der Waals surface area (Å²) in [5.74, 6) is 0.845. The van der Waals surface area contributed by atoms with Crippen molar-refractivity contribution in [3.05, 3.63) is 53.7 Å². The number of carbonyl (C=O) groups is 1. The number of pyridine rings is 1. The zero-order valence-corrected chi connectivity index (χ0v) is 16.9. The lowest BCUT2D eigenvalue weighted by atomic mass is 9.82. The van der Waals surface area contributed by atoms with Crippen LogP contribution in [0.15, 0.2) is 47.6 Å². The predicted molar refractivity (Wildman–Crippen MR) is 110 cm³/mol. The van der Waals surface area contributed by atoms with E-state index in [0.29, 0.717) is 11.0 Å². The average Bonchev–Trinajstić information content (AvgIpc) is 2.73. The van der Waals surface area contributed by atoms with Crippen LogP contribution in [0.3, 0.4) is 0 Å². The molecular weight excluding hydrogens is 380 g/mol. The quantitative estimate of drug-likeness (QED) is 0.677. The minimum absolute atomic E-state index is 0.0273. The zero-order chi connectivity index (χ0) is 19.1. The second-order valence-corrected chi connectivity index (χ2v) is 8.91. The van der Waals surface area contributed by atoms with Crippen molar-refractivity contribution in [2.45, 2.75) is 48.5 Å². The van der Waals surface area contributed by atoms with Crippen molar-refractivity contribution in [1.82, 2.24) is 10.3 Å². The molecule has 1 saturated carbocycles. The summed E-state index contributed by atoms with van der Waals surface area (Å²) in [6.45, 7) is -0.0273. The Morgan fingerprint density at radius 3 is 2.89 bits per heavy atom. The highest BCUT2D eigenvalue weighted by atomic mass is 33.1. The summed E-state index contributed by atoms with van der Waals surface area (Å²) in [6, 6.07) is 11.5. The number of amides is 1. The molecule has 5 nitrogen and oxygen atoms in total. The summed E-state index contributed by atoms with van der Waals surface area (Å²) in [7, 11) is 5.08. The number of nitrogens with one attached hydrogen (secondary N) is 1. The zero-order valence-electron chi connectivity index (χ0n) is 15.3. The Morgan fingerprint density at radius 2 is 2.15 bits per heavy atom. The molecule has 1 aromatic carbocycles. The Labute approximate surface area is 167 Å². The first-order valence-electron chi connectivity index (χ1n) is 9.09. The second kappa shape index (κ2) is 10.0. The number of benzene rings is 1. The summed E-state index contributed by atoms with van der Waals surface area (Å²) in [4.78, 5) is 16.2. The van der Waals surface area contributed by atoms with Crippen LogP contribution in [-0.4, -0.2) is 28.5 Å². The summed E-state index contributed by atoms with van der Waals surface area (Å²) in [5.41, 5.74) is 1.84. The molecule has 1 aliphatic carbocycles. The molecule has 1 aromatic heterocycles. The van der Waals surface area contributed by atoms with E-state index < -0.39 is 6.09 Å². The van der Waals surface area contributed by atoms with E-state index in [1.165, 1.54) is 6.42 Å². The molecule has 0 radical (unpaired) electrons. The molecule has 1 aliphatic rings. The van der Waals surface area contributed by atoms with Gasteiger partial charge in [0.2, 0.25) is 0 Å². The van der Waals surface area contributed by atoms with Crippen LogP contribution in [0.4, 0.5) is 4.79 Å². The van der Waals surface area contributed by atoms with E-state index in [9.17, 15) is 9.90 Å². The van der Waals surface area contributed by atoms with Crippen molar-refractivity contribution in [1.29, 1.82) is 0 Å². The number of hydrogen-bond acceptors (Lipinski definition) is 6. The lowest BCUT2D eigenvalue weighted by Gasteiger charge is -2.32. The molecule has 0 aliphatic heterocycles. The number of carbonyl (C=O) groups excluding carboxylic acids is 1. The first-order chi connectivity index (χ1) is 13.2. The molecule has 144 valence electrons. The number of ether oxygens (including phenoxy) is 1. The summed E-state index contributed by atoms with van der Waals surface area (Å²) in [5, 5.41) is 13.5. The fraction of sp³-hybridized carbons (Fsp3) is 0.400. The van der Waals surface area contributed by atoms with E-state index in [1.807, 2.05) is 35.1 Å². The van der Waals surface area contributed by atoms with Gasteiger partial charge in [0.05, 0.1) is 6.61 Å². The molecule has 1 fully saturated rings. The Hall–Kier alpha value is -1.70. The van der Waals surface area contributed by atoms with Crippen molar-refractivity contribution < 1.29 is 14.6 Å². The maximum absolute atomic E-state index is 11.8. The van der Waals surface area contributed by atoms with E-state index in [4.69, 9.17) is 4.74 Å². The standard InChI is InChI=1S/C20H24N2O3S2/c1-21-20(24)25-17-10-9-14(13-23)12-16(17)15-6-2-3-7-18(15)26-27-19-8-4-5-11-22-19/h4-5,8-12,15,18,23H,2-3,6-7,13H2,1H3,(H,21,24)/t15-,18-/m0/s1. The molecule has 7 heteroatoms. The molecule has 3 rings (SSSR count). The maximum Gasteiger partial charge on any atom is 0.412 e. The molecule has 0 bridgehead atoms. The molecule has 0 saturated heterocycles. The highest BCUT2D eigenvalue weighted by molar-refractivity contribution is 8.76. The molecule has 0 spiro atoms.